The molecule has 2 rings (SSSR count). The van der Waals surface area contributed by atoms with Crippen LogP contribution in [0.2, 0.25) is 0 Å². The van der Waals surface area contributed by atoms with Gasteiger partial charge in [0.1, 0.15) is 5.75 Å². The molecule has 2 aromatic carbocycles. The van der Waals surface area contributed by atoms with Gasteiger partial charge >= 0.3 is 6.03 Å². The fourth-order valence-corrected chi connectivity index (χ4v) is 3.24. The topological polar surface area (TPSA) is 87.7 Å². The van der Waals surface area contributed by atoms with Crippen molar-refractivity contribution < 1.29 is 17.9 Å². The minimum atomic E-state index is -3.57. The Kier molecular flexibility index (Phi) is 6.00. The molecule has 7 nitrogen and oxygen atoms in total. The molecule has 0 spiro atoms. The van der Waals surface area contributed by atoms with E-state index in [2.05, 4.69) is 10.6 Å². The highest BCUT2D eigenvalue weighted by Crippen LogP contribution is 2.18. The predicted octanol–water partition coefficient (Wildman–Crippen LogP) is 2.27. The fraction of sp³-hybridized carbons (Fsp3) is 0.235. The Morgan fingerprint density at radius 1 is 1.08 bits per heavy atom. The molecule has 0 heterocycles. The second-order valence-corrected chi connectivity index (χ2v) is 7.55. The van der Waals surface area contributed by atoms with Crippen LogP contribution in [0.3, 0.4) is 0 Å². The molecule has 0 aliphatic carbocycles. The van der Waals surface area contributed by atoms with Gasteiger partial charge in [0, 0.05) is 26.3 Å². The number of ether oxygens (including phenoxy) is 1. The van der Waals surface area contributed by atoms with Crippen LogP contribution in [-0.2, 0) is 16.6 Å². The number of rotatable bonds is 6. The molecule has 0 saturated heterocycles. The molecule has 0 aromatic heterocycles. The standard InChI is InChI=1S/C17H21N3O4S/c1-20(2)25(22,23)16-7-5-4-6-13(16)12-18-17(21)19-14-8-10-15(24-3)11-9-14/h4-11H,12H2,1-3H3,(H2,18,19,21). The molecular formula is C17H21N3O4S. The average molecular weight is 363 g/mol. The number of hydrogen-bond acceptors (Lipinski definition) is 4. The highest BCUT2D eigenvalue weighted by Gasteiger charge is 2.20. The van der Waals surface area contributed by atoms with Crippen molar-refractivity contribution in [2.75, 3.05) is 26.5 Å². The number of carbonyl (C=O) groups excluding carboxylic acids is 1. The molecule has 134 valence electrons. The van der Waals surface area contributed by atoms with Crippen molar-refractivity contribution in [2.45, 2.75) is 11.4 Å². The zero-order chi connectivity index (χ0) is 18.4. The first kappa shape index (κ1) is 18.8. The summed E-state index contributed by atoms with van der Waals surface area (Å²) in [7, 11) is 0.926. The highest BCUT2D eigenvalue weighted by molar-refractivity contribution is 7.89. The third-order valence-electron chi connectivity index (χ3n) is 3.52. The Morgan fingerprint density at radius 3 is 2.32 bits per heavy atom. The van der Waals surface area contributed by atoms with Gasteiger partial charge in [0.25, 0.3) is 0 Å². The lowest BCUT2D eigenvalue weighted by molar-refractivity contribution is 0.251. The van der Waals surface area contributed by atoms with Crippen LogP contribution in [0.25, 0.3) is 0 Å². The van der Waals surface area contributed by atoms with Crippen LogP contribution in [0.5, 0.6) is 5.75 Å². The van der Waals surface area contributed by atoms with E-state index in [1.807, 2.05) is 0 Å². The molecule has 0 radical (unpaired) electrons. The lowest BCUT2D eigenvalue weighted by atomic mass is 10.2. The minimum Gasteiger partial charge on any atom is -0.497 e. The molecule has 2 N–H and O–H groups in total. The maximum Gasteiger partial charge on any atom is 0.319 e. The molecule has 0 fully saturated rings. The van der Waals surface area contributed by atoms with E-state index in [0.717, 1.165) is 4.31 Å². The maximum atomic E-state index is 12.3. The molecule has 2 aromatic rings. The van der Waals surface area contributed by atoms with E-state index < -0.39 is 16.1 Å². The van der Waals surface area contributed by atoms with Gasteiger partial charge in [-0.15, -0.1) is 0 Å². The third kappa shape index (κ3) is 4.71. The number of carbonyl (C=O) groups is 1. The summed E-state index contributed by atoms with van der Waals surface area (Å²) in [6, 6.07) is 13.0. The van der Waals surface area contributed by atoms with E-state index >= 15 is 0 Å². The van der Waals surface area contributed by atoms with Crippen LogP contribution in [-0.4, -0.2) is 40.0 Å². The largest absolute Gasteiger partial charge is 0.497 e. The first-order chi connectivity index (χ1) is 11.8. The number of amides is 2. The van der Waals surface area contributed by atoms with Gasteiger partial charge in [0.05, 0.1) is 12.0 Å². The number of methoxy groups -OCH3 is 1. The van der Waals surface area contributed by atoms with Gasteiger partial charge in [-0.3, -0.25) is 0 Å². The molecule has 0 unspecified atom stereocenters. The van der Waals surface area contributed by atoms with Gasteiger partial charge in [-0.25, -0.2) is 17.5 Å². The molecular weight excluding hydrogens is 342 g/mol. The van der Waals surface area contributed by atoms with Gasteiger partial charge in [0.2, 0.25) is 10.0 Å². The molecule has 8 heteroatoms. The van der Waals surface area contributed by atoms with Crippen molar-refractivity contribution >= 4 is 21.7 Å². The molecule has 25 heavy (non-hydrogen) atoms. The van der Waals surface area contributed by atoms with Crippen LogP contribution in [0.1, 0.15) is 5.56 Å². The van der Waals surface area contributed by atoms with E-state index in [4.69, 9.17) is 4.74 Å². The SMILES string of the molecule is COc1ccc(NC(=O)NCc2ccccc2S(=O)(=O)N(C)C)cc1. The summed E-state index contributed by atoms with van der Waals surface area (Å²) >= 11 is 0. The summed E-state index contributed by atoms with van der Waals surface area (Å²) in [4.78, 5) is 12.2. The van der Waals surface area contributed by atoms with Crippen molar-refractivity contribution in [3.63, 3.8) is 0 Å². The number of anilines is 1. The molecule has 0 atom stereocenters. The lowest BCUT2D eigenvalue weighted by Crippen LogP contribution is -2.30. The quantitative estimate of drug-likeness (QED) is 0.824. The van der Waals surface area contributed by atoms with Crippen molar-refractivity contribution in [3.8, 4) is 5.75 Å². The highest BCUT2D eigenvalue weighted by atomic mass is 32.2. The number of nitrogens with zero attached hydrogens (tertiary/aromatic N) is 1. The van der Waals surface area contributed by atoms with Gasteiger partial charge in [-0.1, -0.05) is 18.2 Å². The summed E-state index contributed by atoms with van der Waals surface area (Å²) in [5, 5.41) is 5.34. The van der Waals surface area contributed by atoms with Gasteiger partial charge in [0.15, 0.2) is 0 Å². The fourth-order valence-electron chi connectivity index (χ4n) is 2.12. The van der Waals surface area contributed by atoms with Crippen molar-refractivity contribution in [1.29, 1.82) is 0 Å². The molecule has 0 aliphatic heterocycles. The lowest BCUT2D eigenvalue weighted by Gasteiger charge is -2.15. The van der Waals surface area contributed by atoms with Crippen LogP contribution >= 0.6 is 0 Å². The zero-order valence-electron chi connectivity index (χ0n) is 14.3. The molecule has 0 bridgehead atoms. The predicted molar refractivity (Wildman–Crippen MR) is 96.2 cm³/mol. The first-order valence-corrected chi connectivity index (χ1v) is 8.98. The second-order valence-electron chi connectivity index (χ2n) is 5.43. The summed E-state index contributed by atoms with van der Waals surface area (Å²) in [5.41, 5.74) is 1.12. The van der Waals surface area contributed by atoms with Gasteiger partial charge < -0.3 is 15.4 Å². The monoisotopic (exact) mass is 363 g/mol. The van der Waals surface area contributed by atoms with E-state index in [-0.39, 0.29) is 11.4 Å². The number of nitrogens with one attached hydrogen (secondary N) is 2. The second kappa shape index (κ2) is 8.00. The van der Waals surface area contributed by atoms with E-state index in [1.165, 1.54) is 20.2 Å². The Balaban J connectivity index is 2.05. The van der Waals surface area contributed by atoms with Crippen LogP contribution in [0, 0.1) is 0 Å². The Labute approximate surface area is 147 Å². The summed E-state index contributed by atoms with van der Waals surface area (Å²) in [6.45, 7) is 0.0885. The van der Waals surface area contributed by atoms with Crippen molar-refractivity contribution in [3.05, 3.63) is 54.1 Å². The number of urea groups is 1. The van der Waals surface area contributed by atoms with E-state index in [1.54, 1.807) is 49.6 Å². The smallest absolute Gasteiger partial charge is 0.319 e. The van der Waals surface area contributed by atoms with E-state index in [0.29, 0.717) is 17.0 Å². The number of benzene rings is 2. The summed E-state index contributed by atoms with van der Waals surface area (Å²) in [6.07, 6.45) is 0. The normalized spacial score (nSPS) is 11.2. The third-order valence-corrected chi connectivity index (χ3v) is 5.43. The Bertz CT molecular complexity index is 833. The average Bonchev–Trinajstić information content (AvgIpc) is 2.60. The summed E-state index contributed by atoms with van der Waals surface area (Å²) < 4.78 is 30.9. The number of hydrogen-bond donors (Lipinski definition) is 2. The Morgan fingerprint density at radius 2 is 1.72 bits per heavy atom. The van der Waals surface area contributed by atoms with Crippen molar-refractivity contribution in [1.82, 2.24) is 9.62 Å². The Hall–Kier alpha value is -2.58. The summed E-state index contributed by atoms with van der Waals surface area (Å²) in [5.74, 6) is 0.689. The van der Waals surface area contributed by atoms with Gasteiger partial charge in [-0.05, 0) is 35.9 Å². The zero-order valence-corrected chi connectivity index (χ0v) is 15.1. The maximum absolute atomic E-state index is 12.3. The van der Waals surface area contributed by atoms with Crippen LogP contribution < -0.4 is 15.4 Å². The molecule has 2 amide bonds. The molecule has 0 saturated carbocycles. The number of sulfonamides is 1. The molecule has 0 aliphatic rings. The van der Waals surface area contributed by atoms with E-state index in [9.17, 15) is 13.2 Å². The van der Waals surface area contributed by atoms with Crippen LogP contribution in [0.4, 0.5) is 10.5 Å². The van der Waals surface area contributed by atoms with Gasteiger partial charge in [-0.2, -0.15) is 0 Å². The minimum absolute atomic E-state index is 0.0885. The van der Waals surface area contributed by atoms with Crippen molar-refractivity contribution in [2.24, 2.45) is 0 Å². The first-order valence-electron chi connectivity index (χ1n) is 7.54. The van der Waals surface area contributed by atoms with Crippen LogP contribution in [0.15, 0.2) is 53.4 Å².